The molecule has 0 bridgehead atoms. The van der Waals surface area contributed by atoms with Crippen LogP contribution in [0.2, 0.25) is 0 Å². The Morgan fingerprint density at radius 2 is 0.838 bits per heavy atom. The summed E-state index contributed by atoms with van der Waals surface area (Å²) in [5.74, 6) is -0.977. The van der Waals surface area contributed by atoms with Gasteiger partial charge in [0.1, 0.15) is 28.7 Å². The predicted octanol–water partition coefficient (Wildman–Crippen LogP) is 12.6. The summed E-state index contributed by atoms with van der Waals surface area (Å²) in [6.45, 7) is 8.83. The fourth-order valence-electron chi connectivity index (χ4n) is 8.33. The Balaban J connectivity index is 0.000000487. The van der Waals surface area contributed by atoms with Crippen LogP contribution in [0.5, 0.6) is 28.7 Å². The normalized spacial score (nSPS) is 12.0. The van der Waals surface area contributed by atoms with Crippen LogP contribution >= 0.6 is 0 Å². The van der Waals surface area contributed by atoms with E-state index in [0.29, 0.717) is 47.0 Å². The van der Waals surface area contributed by atoms with Crippen LogP contribution in [-0.4, -0.2) is 94.3 Å². The molecule has 1 fully saturated rings. The highest BCUT2D eigenvalue weighted by atomic mass is 16.6. The largest absolute Gasteiger partial charge is 0.494 e. The first-order valence-corrected chi connectivity index (χ1v) is 27.6. The minimum Gasteiger partial charge on any atom is -0.494 e. The average molecular weight is 1090 g/mol. The molecule has 80 heavy (non-hydrogen) atoms. The zero-order valence-corrected chi connectivity index (χ0v) is 46.5. The number of nitrogens with zero attached hydrogens (tertiary/aromatic N) is 2. The van der Waals surface area contributed by atoms with Gasteiger partial charge in [0, 0.05) is 31.9 Å². The summed E-state index contributed by atoms with van der Waals surface area (Å²) in [4.78, 5) is 78.2. The molecule has 0 amide bonds. The number of hydrogen-bond acceptors (Lipinski definition) is 15. The second-order valence-corrected chi connectivity index (χ2v) is 19.5. The Labute approximate surface area is 470 Å². The van der Waals surface area contributed by atoms with Crippen molar-refractivity contribution in [2.45, 2.75) is 97.3 Å². The number of benzene rings is 6. The van der Waals surface area contributed by atoms with Crippen molar-refractivity contribution >= 4 is 41.5 Å². The highest BCUT2D eigenvalue weighted by molar-refractivity contribution is 5.93. The van der Waals surface area contributed by atoms with Crippen LogP contribution in [0.15, 0.2) is 146 Å². The maximum atomic E-state index is 12.7. The van der Waals surface area contributed by atoms with Gasteiger partial charge < -0.3 is 43.0 Å². The van der Waals surface area contributed by atoms with Crippen LogP contribution in [0.3, 0.4) is 0 Å². The molecule has 0 aliphatic carbocycles. The summed E-state index contributed by atoms with van der Waals surface area (Å²) >= 11 is 0. The van der Waals surface area contributed by atoms with Crippen LogP contribution in [0.25, 0.3) is 0 Å². The molecular formula is C65H74N2O13. The van der Waals surface area contributed by atoms with E-state index in [2.05, 4.69) is 28.5 Å². The molecule has 1 heterocycles. The fraction of sp³-hybridized carbons (Fsp3) is 0.354. The highest BCUT2D eigenvalue weighted by Gasteiger charge is 2.17. The van der Waals surface area contributed by atoms with Crippen molar-refractivity contribution in [3.05, 3.63) is 179 Å². The number of methoxy groups -OCH3 is 1. The van der Waals surface area contributed by atoms with E-state index in [9.17, 15) is 28.8 Å². The van der Waals surface area contributed by atoms with Crippen molar-refractivity contribution in [2.24, 2.45) is 0 Å². The van der Waals surface area contributed by atoms with Gasteiger partial charge in [-0.25, -0.2) is 19.2 Å². The van der Waals surface area contributed by atoms with E-state index in [1.807, 2.05) is 55.5 Å². The number of carbonyl (C=O) groups excluding carboxylic acids is 6. The Bertz CT molecular complexity index is 2860. The number of aryl methyl sites for hydroxylation is 2. The molecule has 15 heteroatoms. The summed E-state index contributed by atoms with van der Waals surface area (Å²) in [6, 6.07) is 41.1. The van der Waals surface area contributed by atoms with E-state index < -0.39 is 29.8 Å². The molecule has 0 N–H and O–H groups in total. The number of anilines is 1. The summed E-state index contributed by atoms with van der Waals surface area (Å²) in [5.41, 5.74) is 5.03. The Hall–Kier alpha value is -8.30. The molecule has 1 saturated heterocycles. The van der Waals surface area contributed by atoms with E-state index in [0.717, 1.165) is 63.1 Å². The quantitative estimate of drug-likeness (QED) is 0.0270. The molecule has 7 rings (SSSR count). The van der Waals surface area contributed by atoms with Crippen LogP contribution in [0.4, 0.5) is 5.69 Å². The lowest BCUT2D eigenvalue weighted by atomic mass is 10.0. The number of ether oxygens (including phenoxy) is 7. The van der Waals surface area contributed by atoms with Crippen LogP contribution in [-0.2, 0) is 25.5 Å². The number of rotatable bonds is 27. The molecule has 1 aliphatic heterocycles. The fourth-order valence-corrected chi connectivity index (χ4v) is 8.33. The lowest BCUT2D eigenvalue weighted by Gasteiger charge is -2.34. The van der Waals surface area contributed by atoms with Crippen molar-refractivity contribution in [2.75, 3.05) is 58.5 Å². The topological polar surface area (TPSA) is 174 Å². The summed E-state index contributed by atoms with van der Waals surface area (Å²) in [7, 11) is 3.52. The molecule has 0 unspecified atom stereocenters. The summed E-state index contributed by atoms with van der Waals surface area (Å²) in [5, 5.41) is 0. The van der Waals surface area contributed by atoms with Crippen molar-refractivity contribution < 1.29 is 61.9 Å². The molecule has 0 spiro atoms. The third-order valence-corrected chi connectivity index (χ3v) is 13.2. The molecule has 0 aromatic heterocycles. The van der Waals surface area contributed by atoms with Gasteiger partial charge in [-0.05, 0) is 179 Å². The van der Waals surface area contributed by atoms with Gasteiger partial charge in [0.05, 0.1) is 55.4 Å². The first-order chi connectivity index (χ1) is 38.8. The minimum absolute atomic E-state index is 0.125. The smallest absolute Gasteiger partial charge is 0.343 e. The van der Waals surface area contributed by atoms with Crippen LogP contribution < -0.4 is 28.6 Å². The average Bonchev–Trinajstić information content (AvgIpc) is 3.48. The predicted molar refractivity (Wildman–Crippen MR) is 306 cm³/mol. The lowest BCUT2D eigenvalue weighted by Crippen LogP contribution is -2.44. The van der Waals surface area contributed by atoms with Gasteiger partial charge in [-0.1, -0.05) is 68.9 Å². The minimum atomic E-state index is -0.642. The Morgan fingerprint density at radius 1 is 0.425 bits per heavy atom. The third kappa shape index (κ3) is 21.5. The molecule has 0 saturated carbocycles. The number of esters is 6. The monoisotopic (exact) mass is 1090 g/mol. The third-order valence-electron chi connectivity index (χ3n) is 13.2. The molecule has 1 aliphatic rings. The van der Waals surface area contributed by atoms with Gasteiger partial charge >= 0.3 is 35.8 Å². The molecule has 422 valence electrons. The van der Waals surface area contributed by atoms with E-state index in [1.54, 1.807) is 48.5 Å². The standard InChI is InChI=1S/C49H50N2O11.C16H24O2/c1-35-7-17-42(18-8-35)60-47(54)36-9-19-40(20-10-36)57-33-5-3-4-6-34-58-45(52)27-28-46(53)59-41-21-11-37(12-22-41)48(55)61-43-23-13-38(14-24-43)49(56)62-44-25-15-39(16-26-44)51-31-29-50(2)30-32-51;1-3-4-5-6-7-8-9-14-10-12-15(13-11-14)16(17)18-2/h7-26H,3-6,27-34H2,1-2H3;10-13H,3-9H2,1-2H3. The van der Waals surface area contributed by atoms with Gasteiger partial charge in [0.15, 0.2) is 0 Å². The molecule has 0 radical (unpaired) electrons. The van der Waals surface area contributed by atoms with Gasteiger partial charge in [0.2, 0.25) is 0 Å². The first-order valence-electron chi connectivity index (χ1n) is 27.6. The maximum absolute atomic E-state index is 12.7. The zero-order chi connectivity index (χ0) is 56.9. The number of likely N-dealkylation sites (N-methyl/N-ethyl adjacent to an activating group) is 1. The molecule has 0 atom stereocenters. The number of hydrogen-bond donors (Lipinski definition) is 0. The van der Waals surface area contributed by atoms with E-state index in [4.69, 9.17) is 28.4 Å². The van der Waals surface area contributed by atoms with Crippen molar-refractivity contribution in [1.29, 1.82) is 0 Å². The zero-order valence-electron chi connectivity index (χ0n) is 46.5. The van der Waals surface area contributed by atoms with Crippen molar-refractivity contribution in [3.63, 3.8) is 0 Å². The highest BCUT2D eigenvalue weighted by Crippen LogP contribution is 2.24. The Morgan fingerprint density at radius 3 is 1.36 bits per heavy atom. The Kier molecular flexibility index (Phi) is 25.3. The molecular weight excluding hydrogens is 1020 g/mol. The van der Waals surface area contributed by atoms with Crippen LogP contribution in [0, 0.1) is 6.92 Å². The second-order valence-electron chi connectivity index (χ2n) is 19.5. The first kappa shape index (κ1) is 60.9. The SMILES string of the molecule is CCCCCCCCc1ccc(C(=O)OC)cc1.Cc1ccc(OC(=O)c2ccc(OCCCCCCOC(=O)CCC(=O)Oc3ccc(C(=O)Oc4ccc(C(=O)Oc5ccc(N6CCN(C)CC6)cc5)cc4)cc3)cc2)cc1. The molecule has 6 aromatic carbocycles. The maximum Gasteiger partial charge on any atom is 0.343 e. The summed E-state index contributed by atoms with van der Waals surface area (Å²) in [6.07, 6.45) is 11.9. The van der Waals surface area contributed by atoms with Gasteiger partial charge in [-0.15, -0.1) is 0 Å². The lowest BCUT2D eigenvalue weighted by molar-refractivity contribution is -0.147. The molecule has 6 aromatic rings. The van der Waals surface area contributed by atoms with Gasteiger partial charge in [0.25, 0.3) is 0 Å². The van der Waals surface area contributed by atoms with E-state index >= 15 is 0 Å². The van der Waals surface area contributed by atoms with E-state index in [-0.39, 0.29) is 42.5 Å². The number of unbranched alkanes of at least 4 members (excludes halogenated alkanes) is 8. The number of piperazine rings is 1. The van der Waals surface area contributed by atoms with Crippen molar-refractivity contribution in [3.8, 4) is 28.7 Å². The van der Waals surface area contributed by atoms with Gasteiger partial charge in [-0.2, -0.15) is 0 Å². The molecule has 15 nitrogen and oxygen atoms in total. The second kappa shape index (κ2) is 33.2. The van der Waals surface area contributed by atoms with E-state index in [1.165, 1.54) is 99.7 Å². The van der Waals surface area contributed by atoms with Crippen LogP contribution in [0.1, 0.15) is 137 Å². The summed E-state index contributed by atoms with van der Waals surface area (Å²) < 4.78 is 37.4. The van der Waals surface area contributed by atoms with Crippen molar-refractivity contribution in [1.82, 2.24) is 4.90 Å². The number of carbonyl (C=O) groups is 6. The van der Waals surface area contributed by atoms with Gasteiger partial charge in [-0.3, -0.25) is 9.59 Å².